The Morgan fingerprint density at radius 3 is 2.38 bits per heavy atom. The maximum Gasteiger partial charge on any atom is 0.224 e. The second-order valence-corrected chi connectivity index (χ2v) is 8.94. The van der Waals surface area contributed by atoms with Crippen molar-refractivity contribution < 1.29 is 4.79 Å². The van der Waals surface area contributed by atoms with Crippen LogP contribution < -0.4 is 10.6 Å². The fraction of sp³-hybridized carbons (Fsp3) is 0.308. The Morgan fingerprint density at radius 1 is 1.03 bits per heavy atom. The number of thiophene rings is 1. The van der Waals surface area contributed by atoms with Gasteiger partial charge in [0.15, 0.2) is 5.96 Å². The van der Waals surface area contributed by atoms with Gasteiger partial charge in [-0.3, -0.25) is 9.79 Å². The third kappa shape index (κ3) is 5.56. The molecule has 1 aliphatic heterocycles. The molecule has 0 atom stereocenters. The average molecular weight is 447 g/mol. The number of amides is 1. The largest absolute Gasteiger partial charge is 0.356 e. The van der Waals surface area contributed by atoms with E-state index in [1.807, 2.05) is 17.0 Å². The fourth-order valence-electron chi connectivity index (χ4n) is 4.13. The van der Waals surface area contributed by atoms with Crippen LogP contribution in [0.5, 0.6) is 0 Å². The van der Waals surface area contributed by atoms with E-state index in [4.69, 9.17) is 0 Å². The van der Waals surface area contributed by atoms with Gasteiger partial charge in [0, 0.05) is 50.4 Å². The van der Waals surface area contributed by atoms with Gasteiger partial charge in [0.2, 0.25) is 5.91 Å². The summed E-state index contributed by atoms with van der Waals surface area (Å²) in [4.78, 5) is 20.4. The molecule has 0 aliphatic carbocycles. The van der Waals surface area contributed by atoms with Gasteiger partial charge in [0.25, 0.3) is 0 Å². The smallest absolute Gasteiger partial charge is 0.224 e. The maximum atomic E-state index is 12.7. The van der Waals surface area contributed by atoms with Gasteiger partial charge in [-0.05, 0) is 34.6 Å². The Kier molecular flexibility index (Phi) is 7.56. The molecule has 0 spiro atoms. The van der Waals surface area contributed by atoms with E-state index in [9.17, 15) is 4.79 Å². The van der Waals surface area contributed by atoms with Crippen molar-refractivity contribution in [3.05, 3.63) is 93.7 Å². The summed E-state index contributed by atoms with van der Waals surface area (Å²) in [6, 6.07) is 23.1. The molecule has 1 aromatic heterocycles. The summed E-state index contributed by atoms with van der Waals surface area (Å²) in [6.45, 7) is 2.83. The fourth-order valence-corrected chi connectivity index (χ4v) is 5.02. The molecular formula is C26H30N4OS. The molecule has 0 fully saturated rings. The number of hydrogen-bond donors (Lipinski definition) is 2. The molecule has 2 aromatic carbocycles. The quantitative estimate of drug-likeness (QED) is 0.426. The third-order valence-corrected chi connectivity index (χ3v) is 6.92. The Balaban J connectivity index is 1.29. The van der Waals surface area contributed by atoms with Crippen LogP contribution in [0.25, 0.3) is 0 Å². The lowest BCUT2D eigenvalue weighted by atomic mass is 9.91. The Morgan fingerprint density at radius 2 is 1.72 bits per heavy atom. The first-order chi connectivity index (χ1) is 15.7. The molecule has 0 unspecified atom stereocenters. The maximum absolute atomic E-state index is 12.7. The monoisotopic (exact) mass is 446 g/mol. The Labute approximate surface area is 194 Å². The summed E-state index contributed by atoms with van der Waals surface area (Å²) in [5.74, 6) is 1.12. The van der Waals surface area contributed by atoms with Crippen LogP contribution in [0.15, 0.2) is 77.1 Å². The minimum absolute atomic E-state index is 0.191. The van der Waals surface area contributed by atoms with Crippen molar-refractivity contribution in [2.24, 2.45) is 4.99 Å². The van der Waals surface area contributed by atoms with Crippen molar-refractivity contribution >= 4 is 23.2 Å². The molecule has 3 aromatic rings. The molecule has 4 rings (SSSR count). The van der Waals surface area contributed by atoms with Crippen LogP contribution >= 0.6 is 11.3 Å². The molecule has 0 saturated carbocycles. The van der Waals surface area contributed by atoms with Crippen molar-refractivity contribution in [1.29, 1.82) is 0 Å². The van der Waals surface area contributed by atoms with Gasteiger partial charge in [-0.1, -0.05) is 60.7 Å². The lowest BCUT2D eigenvalue weighted by Gasteiger charge is -2.27. The third-order valence-electron chi connectivity index (χ3n) is 5.89. The average Bonchev–Trinajstić information content (AvgIpc) is 3.32. The highest BCUT2D eigenvalue weighted by Crippen LogP contribution is 2.25. The molecule has 0 bridgehead atoms. The summed E-state index contributed by atoms with van der Waals surface area (Å²) >= 11 is 1.79. The zero-order valence-electron chi connectivity index (χ0n) is 18.5. The number of hydrogen-bond acceptors (Lipinski definition) is 3. The molecule has 0 radical (unpaired) electrons. The zero-order chi connectivity index (χ0) is 22.2. The topological polar surface area (TPSA) is 56.7 Å². The SMILES string of the molecule is CN=C(NCCC(=O)N1CCc2sccc2C1)NCC(c1ccccc1)c1ccccc1. The van der Waals surface area contributed by atoms with Crippen LogP contribution in [0.3, 0.4) is 0 Å². The van der Waals surface area contributed by atoms with Crippen LogP contribution in [0.1, 0.15) is 33.9 Å². The number of fused-ring (bicyclic) bond motifs is 1. The van der Waals surface area contributed by atoms with E-state index in [1.165, 1.54) is 21.6 Å². The molecule has 6 heteroatoms. The van der Waals surface area contributed by atoms with Crippen LogP contribution in [0.4, 0.5) is 0 Å². The minimum Gasteiger partial charge on any atom is -0.356 e. The molecule has 0 saturated heterocycles. The van der Waals surface area contributed by atoms with Crippen molar-refractivity contribution in [1.82, 2.24) is 15.5 Å². The number of aliphatic imine (C=N–C) groups is 1. The number of carbonyl (C=O) groups is 1. The van der Waals surface area contributed by atoms with E-state index < -0.39 is 0 Å². The first-order valence-corrected chi connectivity index (χ1v) is 12.0. The predicted octanol–water partition coefficient (Wildman–Crippen LogP) is 4.02. The Hall–Kier alpha value is -3.12. The van der Waals surface area contributed by atoms with Crippen molar-refractivity contribution in [3.63, 3.8) is 0 Å². The summed E-state index contributed by atoms with van der Waals surface area (Å²) < 4.78 is 0. The molecule has 1 amide bonds. The van der Waals surface area contributed by atoms with Crippen LogP contribution in [-0.4, -0.2) is 43.4 Å². The van der Waals surface area contributed by atoms with E-state index in [0.717, 1.165) is 19.5 Å². The molecule has 2 heterocycles. The number of rotatable bonds is 7. The highest BCUT2D eigenvalue weighted by molar-refractivity contribution is 7.10. The number of guanidine groups is 1. The summed E-state index contributed by atoms with van der Waals surface area (Å²) in [7, 11) is 1.76. The molecular weight excluding hydrogens is 416 g/mol. The first-order valence-electron chi connectivity index (χ1n) is 11.1. The molecule has 2 N–H and O–H groups in total. The predicted molar refractivity (Wildman–Crippen MR) is 132 cm³/mol. The van der Waals surface area contributed by atoms with Gasteiger partial charge in [-0.2, -0.15) is 0 Å². The minimum atomic E-state index is 0.191. The summed E-state index contributed by atoms with van der Waals surface area (Å²) in [5.41, 5.74) is 3.82. The second kappa shape index (κ2) is 11.0. The standard InChI is InChI=1S/C26H30N4OS/c1-27-26(28-15-12-25(31)30-16-13-24-22(19-30)14-17-32-24)29-18-23(20-8-4-2-5-9-20)21-10-6-3-7-11-21/h2-11,14,17,23H,12-13,15-16,18-19H2,1H3,(H2,27,28,29). The van der Waals surface area contributed by atoms with E-state index in [1.54, 1.807) is 18.4 Å². The van der Waals surface area contributed by atoms with Crippen LogP contribution in [-0.2, 0) is 17.8 Å². The van der Waals surface area contributed by atoms with E-state index in [-0.39, 0.29) is 11.8 Å². The lowest BCUT2D eigenvalue weighted by Crippen LogP contribution is -2.42. The lowest BCUT2D eigenvalue weighted by molar-refractivity contribution is -0.131. The van der Waals surface area contributed by atoms with E-state index in [0.29, 0.717) is 25.5 Å². The van der Waals surface area contributed by atoms with Gasteiger partial charge >= 0.3 is 0 Å². The highest BCUT2D eigenvalue weighted by atomic mass is 32.1. The van der Waals surface area contributed by atoms with E-state index in [2.05, 4.69) is 75.6 Å². The molecule has 5 nitrogen and oxygen atoms in total. The van der Waals surface area contributed by atoms with Gasteiger partial charge in [-0.25, -0.2) is 0 Å². The first kappa shape index (κ1) is 22.1. The van der Waals surface area contributed by atoms with Crippen molar-refractivity contribution in [2.45, 2.75) is 25.3 Å². The number of nitrogens with one attached hydrogen (secondary N) is 2. The van der Waals surface area contributed by atoms with Crippen molar-refractivity contribution in [2.75, 3.05) is 26.7 Å². The molecule has 32 heavy (non-hydrogen) atoms. The van der Waals surface area contributed by atoms with E-state index >= 15 is 0 Å². The number of benzene rings is 2. The van der Waals surface area contributed by atoms with Gasteiger partial charge in [-0.15, -0.1) is 11.3 Å². The molecule has 166 valence electrons. The van der Waals surface area contributed by atoms with Crippen molar-refractivity contribution in [3.8, 4) is 0 Å². The summed E-state index contributed by atoms with van der Waals surface area (Å²) in [5, 5.41) is 8.87. The molecule has 1 aliphatic rings. The van der Waals surface area contributed by atoms with Gasteiger partial charge < -0.3 is 15.5 Å². The normalized spacial score (nSPS) is 13.7. The van der Waals surface area contributed by atoms with Gasteiger partial charge in [0.1, 0.15) is 0 Å². The highest BCUT2D eigenvalue weighted by Gasteiger charge is 2.21. The Bertz CT molecular complexity index is 993. The van der Waals surface area contributed by atoms with Crippen LogP contribution in [0, 0.1) is 0 Å². The zero-order valence-corrected chi connectivity index (χ0v) is 19.3. The number of nitrogens with zero attached hydrogens (tertiary/aromatic N) is 2. The summed E-state index contributed by atoms with van der Waals surface area (Å²) in [6.07, 6.45) is 1.43. The van der Waals surface area contributed by atoms with Gasteiger partial charge in [0.05, 0.1) is 0 Å². The van der Waals surface area contributed by atoms with Crippen LogP contribution in [0.2, 0.25) is 0 Å². The number of carbonyl (C=O) groups excluding carboxylic acids is 1. The second-order valence-electron chi connectivity index (χ2n) is 7.94.